The highest BCUT2D eigenvalue weighted by molar-refractivity contribution is 5.63. The van der Waals surface area contributed by atoms with E-state index in [4.69, 9.17) is 15.2 Å². The average molecular weight is 320 g/mol. The number of benzene rings is 3. The van der Waals surface area contributed by atoms with Crippen LogP contribution in [0, 0.1) is 0 Å². The van der Waals surface area contributed by atoms with Gasteiger partial charge in [0, 0.05) is 12.2 Å². The molecule has 0 aliphatic heterocycles. The highest BCUT2D eigenvalue weighted by Gasteiger charge is 2.04. The van der Waals surface area contributed by atoms with Crippen LogP contribution < -0.4 is 20.5 Å². The summed E-state index contributed by atoms with van der Waals surface area (Å²) in [6, 6.07) is 23.3. The van der Waals surface area contributed by atoms with Crippen molar-refractivity contribution in [2.24, 2.45) is 0 Å². The van der Waals surface area contributed by atoms with Crippen molar-refractivity contribution in [3.63, 3.8) is 0 Å². The zero-order valence-corrected chi connectivity index (χ0v) is 13.5. The third kappa shape index (κ3) is 3.98. The molecule has 0 aliphatic carbocycles. The van der Waals surface area contributed by atoms with Crippen LogP contribution in [-0.4, -0.2) is 7.11 Å². The molecule has 4 heteroatoms. The van der Waals surface area contributed by atoms with Gasteiger partial charge in [-0.3, -0.25) is 0 Å². The third-order valence-corrected chi connectivity index (χ3v) is 3.64. The minimum atomic E-state index is 0.587. The Morgan fingerprint density at radius 2 is 1.58 bits per heavy atom. The van der Waals surface area contributed by atoms with Crippen LogP contribution in [0.1, 0.15) is 5.56 Å². The molecule has 0 heterocycles. The van der Waals surface area contributed by atoms with Gasteiger partial charge in [-0.05, 0) is 48.0 Å². The van der Waals surface area contributed by atoms with Gasteiger partial charge in [0.15, 0.2) is 0 Å². The van der Waals surface area contributed by atoms with Crippen molar-refractivity contribution in [2.45, 2.75) is 6.54 Å². The lowest BCUT2D eigenvalue weighted by Crippen LogP contribution is -2.00. The van der Waals surface area contributed by atoms with Gasteiger partial charge in [-0.15, -0.1) is 0 Å². The molecule has 0 radical (unpaired) electrons. The first kappa shape index (κ1) is 15.7. The van der Waals surface area contributed by atoms with E-state index in [2.05, 4.69) is 17.4 Å². The molecule has 0 amide bonds. The molecule has 3 N–H and O–H groups in total. The fourth-order valence-corrected chi connectivity index (χ4v) is 2.32. The summed E-state index contributed by atoms with van der Waals surface area (Å²) in [7, 11) is 1.63. The second-order valence-corrected chi connectivity index (χ2v) is 5.37. The number of nitrogens with one attached hydrogen (secondary N) is 1. The Balaban J connectivity index is 1.65. The lowest BCUT2D eigenvalue weighted by Gasteiger charge is -2.12. The van der Waals surface area contributed by atoms with Gasteiger partial charge < -0.3 is 20.5 Å². The molecule has 122 valence electrons. The molecule has 0 aliphatic rings. The van der Waals surface area contributed by atoms with Crippen LogP contribution in [0.2, 0.25) is 0 Å². The summed E-state index contributed by atoms with van der Waals surface area (Å²) >= 11 is 0. The highest BCUT2D eigenvalue weighted by Crippen LogP contribution is 2.30. The van der Waals surface area contributed by atoms with Crippen LogP contribution in [0.5, 0.6) is 17.2 Å². The molecule has 0 aromatic heterocycles. The molecule has 0 unspecified atom stereocenters. The van der Waals surface area contributed by atoms with Crippen LogP contribution in [0.4, 0.5) is 11.4 Å². The average Bonchev–Trinajstić information content (AvgIpc) is 2.63. The van der Waals surface area contributed by atoms with Gasteiger partial charge in [0.1, 0.15) is 17.2 Å². The van der Waals surface area contributed by atoms with E-state index in [0.717, 1.165) is 18.0 Å². The van der Waals surface area contributed by atoms with Crippen LogP contribution in [0.15, 0.2) is 72.8 Å². The minimum absolute atomic E-state index is 0.587. The molecule has 0 spiro atoms. The van der Waals surface area contributed by atoms with Crippen molar-refractivity contribution in [3.8, 4) is 17.2 Å². The zero-order valence-electron chi connectivity index (χ0n) is 13.5. The Bertz CT molecular complexity index is 786. The van der Waals surface area contributed by atoms with Crippen molar-refractivity contribution in [3.05, 3.63) is 78.4 Å². The maximum atomic E-state index is 6.10. The van der Waals surface area contributed by atoms with Crippen LogP contribution in [-0.2, 0) is 6.54 Å². The van der Waals surface area contributed by atoms with E-state index in [0.29, 0.717) is 17.2 Å². The second-order valence-electron chi connectivity index (χ2n) is 5.37. The molecule has 0 saturated carbocycles. The lowest BCUT2D eigenvalue weighted by molar-refractivity contribution is 0.413. The second kappa shape index (κ2) is 7.42. The topological polar surface area (TPSA) is 56.5 Å². The molecular weight excluding hydrogens is 300 g/mol. The summed E-state index contributed by atoms with van der Waals surface area (Å²) in [5, 5.41) is 3.36. The molecule has 4 nitrogen and oxygen atoms in total. The van der Waals surface area contributed by atoms with Gasteiger partial charge in [0.2, 0.25) is 0 Å². The first-order chi connectivity index (χ1) is 11.7. The van der Waals surface area contributed by atoms with Crippen LogP contribution >= 0.6 is 0 Å². The number of nitrogen functional groups attached to an aromatic ring is 1. The SMILES string of the molecule is COc1ccc(Oc2ccc(NCc3ccccc3)cc2N)cc1. The number of ether oxygens (including phenoxy) is 2. The van der Waals surface area contributed by atoms with E-state index < -0.39 is 0 Å². The summed E-state index contributed by atoms with van der Waals surface area (Å²) < 4.78 is 11.0. The summed E-state index contributed by atoms with van der Waals surface area (Å²) in [5.74, 6) is 2.13. The number of anilines is 2. The van der Waals surface area contributed by atoms with E-state index >= 15 is 0 Å². The van der Waals surface area contributed by atoms with E-state index in [1.54, 1.807) is 7.11 Å². The summed E-state index contributed by atoms with van der Waals surface area (Å²) in [6.07, 6.45) is 0. The van der Waals surface area contributed by atoms with Crippen molar-refractivity contribution in [1.29, 1.82) is 0 Å². The Hall–Kier alpha value is -3.14. The molecule has 3 rings (SSSR count). The molecule has 0 atom stereocenters. The maximum Gasteiger partial charge on any atom is 0.150 e. The molecule has 0 bridgehead atoms. The van der Waals surface area contributed by atoms with Crippen LogP contribution in [0.3, 0.4) is 0 Å². The van der Waals surface area contributed by atoms with Gasteiger partial charge in [-0.25, -0.2) is 0 Å². The third-order valence-electron chi connectivity index (χ3n) is 3.64. The van der Waals surface area contributed by atoms with Gasteiger partial charge in [-0.1, -0.05) is 30.3 Å². The highest BCUT2D eigenvalue weighted by atomic mass is 16.5. The fourth-order valence-electron chi connectivity index (χ4n) is 2.32. The molecular formula is C20H20N2O2. The first-order valence-corrected chi connectivity index (χ1v) is 7.74. The fraction of sp³-hybridized carbons (Fsp3) is 0.100. The number of hydrogen-bond donors (Lipinski definition) is 2. The molecule has 3 aromatic carbocycles. The molecule has 24 heavy (non-hydrogen) atoms. The first-order valence-electron chi connectivity index (χ1n) is 7.74. The summed E-state index contributed by atoms with van der Waals surface area (Å²) in [5.41, 5.74) is 8.87. The predicted molar refractivity (Wildman–Crippen MR) is 97.7 cm³/mol. The maximum absolute atomic E-state index is 6.10. The standard InChI is InChI=1S/C20H20N2O2/c1-23-17-8-10-18(11-9-17)24-20-12-7-16(13-19(20)21)22-14-15-5-3-2-4-6-15/h2-13,22H,14,21H2,1H3. The van der Waals surface area contributed by atoms with Crippen molar-refractivity contribution in [1.82, 2.24) is 0 Å². The molecule has 3 aromatic rings. The summed E-state index contributed by atoms with van der Waals surface area (Å²) in [6.45, 7) is 0.749. The van der Waals surface area contributed by atoms with Crippen LogP contribution in [0.25, 0.3) is 0 Å². The minimum Gasteiger partial charge on any atom is -0.497 e. The van der Waals surface area contributed by atoms with Crippen molar-refractivity contribution in [2.75, 3.05) is 18.2 Å². The Morgan fingerprint density at radius 3 is 2.25 bits per heavy atom. The van der Waals surface area contributed by atoms with E-state index in [-0.39, 0.29) is 0 Å². The number of methoxy groups -OCH3 is 1. The van der Waals surface area contributed by atoms with Gasteiger partial charge in [-0.2, -0.15) is 0 Å². The Labute approximate surface area is 141 Å². The smallest absolute Gasteiger partial charge is 0.150 e. The Kier molecular flexibility index (Phi) is 4.87. The quantitative estimate of drug-likeness (QED) is 0.647. The Morgan fingerprint density at radius 1 is 0.875 bits per heavy atom. The summed E-state index contributed by atoms with van der Waals surface area (Å²) in [4.78, 5) is 0. The lowest BCUT2D eigenvalue weighted by atomic mass is 10.2. The number of rotatable bonds is 6. The van der Waals surface area contributed by atoms with E-state index in [1.807, 2.05) is 60.7 Å². The predicted octanol–water partition coefficient (Wildman–Crippen LogP) is 4.68. The molecule has 0 fully saturated rings. The van der Waals surface area contributed by atoms with Crippen molar-refractivity contribution < 1.29 is 9.47 Å². The monoisotopic (exact) mass is 320 g/mol. The number of hydrogen-bond acceptors (Lipinski definition) is 4. The largest absolute Gasteiger partial charge is 0.497 e. The normalized spacial score (nSPS) is 10.2. The van der Waals surface area contributed by atoms with Gasteiger partial charge in [0.05, 0.1) is 12.8 Å². The number of nitrogens with two attached hydrogens (primary N) is 1. The van der Waals surface area contributed by atoms with E-state index in [1.165, 1.54) is 5.56 Å². The van der Waals surface area contributed by atoms with E-state index in [9.17, 15) is 0 Å². The van der Waals surface area contributed by atoms with Gasteiger partial charge in [0.25, 0.3) is 0 Å². The molecule has 0 saturated heterocycles. The van der Waals surface area contributed by atoms with Gasteiger partial charge >= 0.3 is 0 Å². The van der Waals surface area contributed by atoms with Crippen molar-refractivity contribution >= 4 is 11.4 Å². The zero-order chi connectivity index (χ0) is 16.8.